The van der Waals surface area contributed by atoms with E-state index in [1.54, 1.807) is 24.3 Å². The van der Waals surface area contributed by atoms with Gasteiger partial charge in [0.25, 0.3) is 0 Å². The van der Waals surface area contributed by atoms with Gasteiger partial charge in [-0.15, -0.1) is 0 Å². The molecule has 3 aromatic heterocycles. The first-order chi connectivity index (χ1) is 14.2. The Morgan fingerprint density at radius 2 is 1.17 bits per heavy atom. The Balaban J connectivity index is 1.81. The first kappa shape index (κ1) is 18.5. The molecule has 0 saturated heterocycles. The fraction of sp³-hybridized carbons (Fsp3) is 0. The van der Waals surface area contributed by atoms with Crippen molar-refractivity contribution in [2.24, 2.45) is 0 Å². The van der Waals surface area contributed by atoms with E-state index < -0.39 is 0 Å². The third-order valence-corrected chi connectivity index (χ3v) is 4.78. The number of nitriles is 2. The number of nitrogens with zero attached hydrogens (tertiary/aromatic N) is 5. The van der Waals surface area contributed by atoms with E-state index in [1.165, 1.54) is 0 Å². The molecular weight excluding hydrogens is 426 g/mol. The average Bonchev–Trinajstić information content (AvgIpc) is 2.79. The summed E-state index contributed by atoms with van der Waals surface area (Å²) in [5, 5.41) is 18.5. The molecule has 0 N–H and O–H groups in total. The van der Waals surface area contributed by atoms with Gasteiger partial charge in [-0.2, -0.15) is 10.5 Å². The minimum absolute atomic E-state index is 0.317. The van der Waals surface area contributed by atoms with E-state index in [4.69, 9.17) is 5.26 Å². The Hall–Kier alpha value is -3.87. The zero-order chi connectivity index (χ0) is 20.2. The summed E-state index contributed by atoms with van der Waals surface area (Å²) in [4.78, 5) is 13.4. The Labute approximate surface area is 176 Å². The van der Waals surface area contributed by atoms with Gasteiger partial charge in [-0.1, -0.05) is 40.2 Å². The summed E-state index contributed by atoms with van der Waals surface area (Å²) >= 11 is 3.44. The number of pyridine rings is 3. The number of hydrogen-bond donors (Lipinski definition) is 0. The van der Waals surface area contributed by atoms with Crippen molar-refractivity contribution in [2.45, 2.75) is 0 Å². The van der Waals surface area contributed by atoms with Crippen molar-refractivity contribution in [1.29, 1.82) is 10.5 Å². The second-order valence-corrected chi connectivity index (χ2v) is 7.09. The second-order valence-electron chi connectivity index (χ2n) is 6.17. The fourth-order valence-electron chi connectivity index (χ4n) is 2.89. The van der Waals surface area contributed by atoms with Gasteiger partial charge in [0.05, 0.1) is 22.8 Å². The molecule has 5 nitrogen and oxygen atoms in total. The number of aromatic nitrogens is 3. The van der Waals surface area contributed by atoms with Crippen LogP contribution in [0.2, 0.25) is 0 Å². The van der Waals surface area contributed by atoms with E-state index in [9.17, 15) is 5.26 Å². The minimum atomic E-state index is 0.317. The molecular formula is C23H12BrN5. The van der Waals surface area contributed by atoms with Gasteiger partial charge in [0.2, 0.25) is 0 Å². The number of benzene rings is 1. The van der Waals surface area contributed by atoms with Gasteiger partial charge in [0.1, 0.15) is 23.5 Å². The fourth-order valence-corrected chi connectivity index (χ4v) is 3.15. The van der Waals surface area contributed by atoms with E-state index in [2.05, 4.69) is 37.0 Å². The summed E-state index contributed by atoms with van der Waals surface area (Å²) in [6.07, 6.45) is 0. The van der Waals surface area contributed by atoms with Crippen molar-refractivity contribution in [3.63, 3.8) is 0 Å². The van der Waals surface area contributed by atoms with E-state index in [1.807, 2.05) is 54.6 Å². The lowest BCUT2D eigenvalue weighted by molar-refractivity contribution is 1.19. The molecule has 0 saturated carbocycles. The maximum absolute atomic E-state index is 9.43. The number of hydrogen-bond acceptors (Lipinski definition) is 5. The monoisotopic (exact) mass is 437 g/mol. The van der Waals surface area contributed by atoms with Crippen molar-refractivity contribution in [1.82, 2.24) is 15.0 Å². The third kappa shape index (κ3) is 4.03. The van der Waals surface area contributed by atoms with E-state index in [-0.39, 0.29) is 0 Å². The van der Waals surface area contributed by atoms with Gasteiger partial charge in [-0.05, 0) is 59.7 Å². The molecule has 6 heteroatoms. The van der Waals surface area contributed by atoms with E-state index in [0.29, 0.717) is 34.2 Å². The van der Waals surface area contributed by atoms with Gasteiger partial charge in [0, 0.05) is 4.47 Å². The maximum atomic E-state index is 9.43. The van der Waals surface area contributed by atoms with Crippen LogP contribution >= 0.6 is 15.9 Å². The van der Waals surface area contributed by atoms with Crippen molar-refractivity contribution >= 4 is 15.9 Å². The second kappa shape index (κ2) is 8.02. The van der Waals surface area contributed by atoms with Crippen molar-refractivity contribution in [3.05, 3.63) is 88.7 Å². The van der Waals surface area contributed by atoms with Crippen LogP contribution in [0.5, 0.6) is 0 Å². The van der Waals surface area contributed by atoms with Gasteiger partial charge in [0.15, 0.2) is 0 Å². The highest BCUT2D eigenvalue weighted by Gasteiger charge is 2.10. The molecule has 0 spiro atoms. The van der Waals surface area contributed by atoms with Crippen LogP contribution in [-0.4, -0.2) is 15.0 Å². The summed E-state index contributed by atoms with van der Waals surface area (Å²) < 4.78 is 0.984. The molecule has 136 valence electrons. The lowest BCUT2D eigenvalue weighted by Gasteiger charge is -2.08. The predicted molar refractivity (Wildman–Crippen MR) is 113 cm³/mol. The third-order valence-electron chi connectivity index (χ3n) is 4.26. The molecule has 0 fully saturated rings. The topological polar surface area (TPSA) is 86.2 Å². The molecule has 1 aromatic carbocycles. The van der Waals surface area contributed by atoms with Crippen LogP contribution in [0.25, 0.3) is 33.9 Å². The van der Waals surface area contributed by atoms with Crippen molar-refractivity contribution < 1.29 is 0 Å². The van der Waals surface area contributed by atoms with Crippen LogP contribution in [0.15, 0.2) is 77.3 Å². The average molecular weight is 438 g/mol. The molecule has 0 aliphatic rings. The van der Waals surface area contributed by atoms with Crippen LogP contribution in [-0.2, 0) is 0 Å². The standard InChI is InChI=1S/C23H12BrN5/c24-17-9-7-15(8-10-17)16-11-19(14-26)28-23(12-16)22-6-2-5-21(29-22)20-4-1-3-18(13-25)27-20/h1-12H. The molecule has 0 aliphatic heterocycles. The Bertz CT molecular complexity index is 1280. The van der Waals surface area contributed by atoms with Crippen molar-refractivity contribution in [2.75, 3.05) is 0 Å². The lowest BCUT2D eigenvalue weighted by Crippen LogP contribution is -1.95. The maximum Gasteiger partial charge on any atom is 0.141 e. The lowest BCUT2D eigenvalue weighted by atomic mass is 10.0. The largest absolute Gasteiger partial charge is 0.245 e. The van der Waals surface area contributed by atoms with Gasteiger partial charge in [-0.3, -0.25) is 0 Å². The molecule has 0 aliphatic carbocycles. The highest BCUT2D eigenvalue weighted by Crippen LogP contribution is 2.27. The van der Waals surface area contributed by atoms with Crippen LogP contribution in [0.3, 0.4) is 0 Å². The zero-order valence-electron chi connectivity index (χ0n) is 15.0. The van der Waals surface area contributed by atoms with Gasteiger partial charge in [-0.25, -0.2) is 15.0 Å². The minimum Gasteiger partial charge on any atom is -0.245 e. The molecule has 3 heterocycles. The highest BCUT2D eigenvalue weighted by molar-refractivity contribution is 9.10. The zero-order valence-corrected chi connectivity index (χ0v) is 16.6. The molecule has 4 rings (SSSR count). The van der Waals surface area contributed by atoms with Crippen LogP contribution < -0.4 is 0 Å². The van der Waals surface area contributed by atoms with Crippen molar-refractivity contribution in [3.8, 4) is 46.0 Å². The first-order valence-electron chi connectivity index (χ1n) is 8.69. The summed E-state index contributed by atoms with van der Waals surface area (Å²) in [6.45, 7) is 0. The van der Waals surface area contributed by atoms with E-state index >= 15 is 0 Å². The SMILES string of the molecule is N#Cc1cccc(-c2cccc(-c3cc(-c4ccc(Br)cc4)cc(C#N)n3)n2)n1. The molecule has 0 unspecified atom stereocenters. The molecule has 0 amide bonds. The van der Waals surface area contributed by atoms with Crippen LogP contribution in [0, 0.1) is 22.7 Å². The summed E-state index contributed by atoms with van der Waals surface area (Å²) in [7, 11) is 0. The molecule has 29 heavy (non-hydrogen) atoms. The van der Waals surface area contributed by atoms with Gasteiger partial charge < -0.3 is 0 Å². The summed E-state index contributed by atoms with van der Waals surface area (Å²) in [5.74, 6) is 0. The quantitative estimate of drug-likeness (QED) is 0.429. The Morgan fingerprint density at radius 3 is 1.86 bits per heavy atom. The predicted octanol–water partition coefficient (Wildman–Crippen LogP) is 5.38. The molecule has 0 atom stereocenters. The van der Waals surface area contributed by atoms with Crippen LogP contribution in [0.4, 0.5) is 0 Å². The molecule has 0 radical (unpaired) electrons. The molecule has 4 aromatic rings. The summed E-state index contributed by atoms with van der Waals surface area (Å²) in [5.41, 5.74) is 4.98. The highest BCUT2D eigenvalue weighted by atomic mass is 79.9. The summed E-state index contributed by atoms with van der Waals surface area (Å²) in [6, 6.07) is 26.4. The van der Waals surface area contributed by atoms with Gasteiger partial charge >= 0.3 is 0 Å². The van der Waals surface area contributed by atoms with E-state index in [0.717, 1.165) is 15.6 Å². The Morgan fingerprint density at radius 1 is 0.586 bits per heavy atom. The Kier molecular flexibility index (Phi) is 5.11. The normalized spacial score (nSPS) is 10.2. The molecule has 0 bridgehead atoms. The number of rotatable bonds is 3. The number of halogens is 1. The first-order valence-corrected chi connectivity index (χ1v) is 9.48. The van der Waals surface area contributed by atoms with Crippen LogP contribution in [0.1, 0.15) is 11.4 Å². The smallest absolute Gasteiger partial charge is 0.141 e.